The molecule has 1 aromatic rings. The summed E-state index contributed by atoms with van der Waals surface area (Å²) in [5.74, 6) is 2.46. The first-order valence-corrected chi connectivity index (χ1v) is 11.7. The van der Waals surface area contributed by atoms with Crippen molar-refractivity contribution in [2.75, 3.05) is 37.0 Å². The van der Waals surface area contributed by atoms with E-state index in [1.807, 2.05) is 12.1 Å². The fourth-order valence-electron chi connectivity index (χ4n) is 3.97. The van der Waals surface area contributed by atoms with Gasteiger partial charge in [-0.1, -0.05) is 13.5 Å². The smallest absolute Gasteiger partial charge is 0.254 e. The van der Waals surface area contributed by atoms with E-state index in [-0.39, 0.29) is 17.7 Å². The molecule has 1 amide bonds. The summed E-state index contributed by atoms with van der Waals surface area (Å²) in [4.78, 5) is 20.1. The molecule has 3 rings (SSSR count). The fraction of sp³-hybridized carbons (Fsp3) is 0.636. The minimum atomic E-state index is -0.0392. The summed E-state index contributed by atoms with van der Waals surface area (Å²) < 4.78 is 5.38. The predicted octanol–water partition coefficient (Wildman–Crippen LogP) is 4.17. The van der Waals surface area contributed by atoms with E-state index in [0.29, 0.717) is 31.1 Å². The van der Waals surface area contributed by atoms with Crippen molar-refractivity contribution in [3.63, 3.8) is 0 Å². The summed E-state index contributed by atoms with van der Waals surface area (Å²) in [7, 11) is 0. The molecule has 2 N–H and O–H groups in total. The van der Waals surface area contributed by atoms with Crippen LogP contribution in [-0.4, -0.2) is 54.1 Å². The highest BCUT2D eigenvalue weighted by Crippen LogP contribution is 2.29. The van der Waals surface area contributed by atoms with Crippen LogP contribution in [0.4, 0.5) is 5.82 Å². The molecule has 6 nitrogen and oxygen atoms in total. The van der Waals surface area contributed by atoms with Gasteiger partial charge in [0.25, 0.3) is 5.91 Å². The second kappa shape index (κ2) is 10.9. The van der Waals surface area contributed by atoms with Crippen LogP contribution < -0.4 is 10.2 Å². The molecule has 1 atom stereocenters. The first kappa shape index (κ1) is 22.0. The number of aromatic nitrogens is 1. The van der Waals surface area contributed by atoms with Gasteiger partial charge >= 0.3 is 0 Å². The summed E-state index contributed by atoms with van der Waals surface area (Å²) >= 11 is 1.65. The number of carbonyl (C=O) groups is 1. The molecule has 7 heteroatoms. The Kier molecular flexibility index (Phi) is 8.24. The Labute approximate surface area is 178 Å². The average molecular weight is 420 g/mol. The van der Waals surface area contributed by atoms with Crippen molar-refractivity contribution >= 4 is 23.5 Å². The van der Waals surface area contributed by atoms with Crippen molar-refractivity contribution in [2.45, 2.75) is 56.5 Å². The highest BCUT2D eigenvalue weighted by Gasteiger charge is 2.24. The Morgan fingerprint density at radius 3 is 2.90 bits per heavy atom. The van der Waals surface area contributed by atoms with Gasteiger partial charge in [-0.05, 0) is 55.9 Å². The molecule has 2 aliphatic heterocycles. The minimum absolute atomic E-state index is 0.0392. The number of nitrogens with zero attached hydrogens (tertiary/aromatic N) is 2. The number of aliphatic hydroxyl groups excluding tert-OH is 1. The first-order valence-electron chi connectivity index (χ1n) is 10.7. The zero-order valence-corrected chi connectivity index (χ0v) is 18.2. The standard InChI is InChI=1S/C22H33N3O3S/c1-3-13-29-22-19(21(27)23-18-8-11-28-12-9-18)6-7-20(24-22)25-10-4-5-17(15-25)14-16(2)26/h6-7,17-18,26H,2-5,8-15H2,1H3,(H,23,27)/t17-/m0/s1. The van der Waals surface area contributed by atoms with Gasteiger partial charge in [0.2, 0.25) is 0 Å². The van der Waals surface area contributed by atoms with Gasteiger partial charge in [0.15, 0.2) is 0 Å². The molecule has 0 aliphatic carbocycles. The number of pyridine rings is 1. The van der Waals surface area contributed by atoms with Crippen LogP contribution in [0.2, 0.25) is 0 Å². The number of nitrogens with one attached hydrogen (secondary N) is 1. The van der Waals surface area contributed by atoms with Gasteiger partial charge in [-0.2, -0.15) is 0 Å². The lowest BCUT2D eigenvalue weighted by Crippen LogP contribution is -2.39. The van der Waals surface area contributed by atoms with Gasteiger partial charge in [0, 0.05) is 38.8 Å². The monoisotopic (exact) mass is 419 g/mol. The normalized spacial score (nSPS) is 20.4. The third kappa shape index (κ3) is 6.37. The van der Waals surface area contributed by atoms with E-state index < -0.39 is 0 Å². The van der Waals surface area contributed by atoms with Crippen LogP contribution in [0.5, 0.6) is 0 Å². The molecule has 1 aromatic heterocycles. The van der Waals surface area contributed by atoms with Crippen molar-refractivity contribution in [1.82, 2.24) is 10.3 Å². The number of thioether (sulfide) groups is 1. The van der Waals surface area contributed by atoms with E-state index in [4.69, 9.17) is 9.72 Å². The zero-order chi connectivity index (χ0) is 20.6. The van der Waals surface area contributed by atoms with E-state index in [9.17, 15) is 9.90 Å². The van der Waals surface area contributed by atoms with Gasteiger partial charge < -0.3 is 20.1 Å². The molecule has 2 aliphatic rings. The van der Waals surface area contributed by atoms with Crippen LogP contribution in [0.15, 0.2) is 29.5 Å². The molecule has 29 heavy (non-hydrogen) atoms. The maximum absolute atomic E-state index is 12.9. The third-order valence-corrected chi connectivity index (χ3v) is 6.65. The van der Waals surface area contributed by atoms with Crippen LogP contribution in [0.1, 0.15) is 55.8 Å². The first-order chi connectivity index (χ1) is 14.1. The number of amides is 1. The Morgan fingerprint density at radius 2 is 2.17 bits per heavy atom. The maximum Gasteiger partial charge on any atom is 0.254 e. The van der Waals surface area contributed by atoms with Crippen LogP contribution in [0.3, 0.4) is 0 Å². The number of hydrogen-bond acceptors (Lipinski definition) is 6. The Balaban J connectivity index is 1.74. The highest BCUT2D eigenvalue weighted by molar-refractivity contribution is 7.99. The van der Waals surface area contributed by atoms with E-state index in [0.717, 1.165) is 61.8 Å². The molecule has 0 bridgehead atoms. The summed E-state index contributed by atoms with van der Waals surface area (Å²) in [5, 5.41) is 13.5. The number of aliphatic hydroxyl groups is 1. The number of carbonyl (C=O) groups excluding carboxylic acids is 1. The van der Waals surface area contributed by atoms with Gasteiger partial charge in [-0.15, -0.1) is 11.8 Å². The summed E-state index contributed by atoms with van der Waals surface area (Å²) in [6.07, 6.45) is 5.56. The zero-order valence-electron chi connectivity index (χ0n) is 17.4. The van der Waals surface area contributed by atoms with Crippen molar-refractivity contribution in [2.24, 2.45) is 5.92 Å². The lowest BCUT2D eigenvalue weighted by atomic mass is 9.94. The number of ether oxygens (including phenoxy) is 1. The van der Waals surface area contributed by atoms with Crippen LogP contribution >= 0.6 is 11.8 Å². The molecular weight excluding hydrogens is 386 g/mol. The van der Waals surface area contributed by atoms with E-state index in [1.54, 1.807) is 11.8 Å². The van der Waals surface area contributed by atoms with Crippen LogP contribution in [0.25, 0.3) is 0 Å². The average Bonchev–Trinajstić information content (AvgIpc) is 2.72. The van der Waals surface area contributed by atoms with Crippen molar-refractivity contribution in [3.05, 3.63) is 30.0 Å². The second-order valence-electron chi connectivity index (χ2n) is 7.96. The van der Waals surface area contributed by atoms with Crippen molar-refractivity contribution < 1.29 is 14.6 Å². The van der Waals surface area contributed by atoms with E-state index in [2.05, 4.69) is 23.7 Å². The summed E-state index contributed by atoms with van der Waals surface area (Å²) in [5.41, 5.74) is 0.663. The molecular formula is C22H33N3O3S. The molecule has 0 unspecified atom stereocenters. The molecule has 0 spiro atoms. The number of allylic oxidation sites excluding steroid dienone is 1. The van der Waals surface area contributed by atoms with Crippen LogP contribution in [0, 0.1) is 5.92 Å². The second-order valence-corrected chi connectivity index (χ2v) is 9.04. The summed E-state index contributed by atoms with van der Waals surface area (Å²) in [6.45, 7) is 8.99. The SMILES string of the molecule is C=C(O)C[C@@H]1CCCN(c2ccc(C(=O)NC3CCOCC3)c(SCCC)n2)C1. The largest absolute Gasteiger partial charge is 0.513 e. The van der Waals surface area contributed by atoms with Gasteiger partial charge in [-0.25, -0.2) is 4.98 Å². The molecule has 0 aromatic carbocycles. The van der Waals surface area contributed by atoms with Gasteiger partial charge in [0.05, 0.1) is 11.3 Å². The van der Waals surface area contributed by atoms with Gasteiger partial charge in [-0.3, -0.25) is 4.79 Å². The van der Waals surface area contributed by atoms with Crippen molar-refractivity contribution in [3.8, 4) is 0 Å². The Hall–Kier alpha value is -1.73. The molecule has 2 fully saturated rings. The molecule has 3 heterocycles. The lowest BCUT2D eigenvalue weighted by molar-refractivity contribution is 0.0695. The highest BCUT2D eigenvalue weighted by atomic mass is 32.2. The molecule has 0 saturated carbocycles. The topological polar surface area (TPSA) is 74.7 Å². The van der Waals surface area contributed by atoms with Gasteiger partial charge in [0.1, 0.15) is 10.8 Å². The van der Waals surface area contributed by atoms with E-state index in [1.165, 1.54) is 0 Å². The maximum atomic E-state index is 12.9. The quantitative estimate of drug-likeness (QED) is 0.487. The van der Waals surface area contributed by atoms with E-state index >= 15 is 0 Å². The molecule has 2 saturated heterocycles. The number of rotatable bonds is 8. The van der Waals surface area contributed by atoms with Crippen LogP contribution in [-0.2, 0) is 4.74 Å². The number of anilines is 1. The number of piperidine rings is 1. The molecule has 0 radical (unpaired) electrons. The minimum Gasteiger partial charge on any atom is -0.513 e. The van der Waals surface area contributed by atoms with Crippen molar-refractivity contribution in [1.29, 1.82) is 0 Å². The summed E-state index contributed by atoms with van der Waals surface area (Å²) in [6, 6.07) is 4.06. The lowest BCUT2D eigenvalue weighted by Gasteiger charge is -2.33. The predicted molar refractivity (Wildman–Crippen MR) is 118 cm³/mol. The number of hydrogen-bond donors (Lipinski definition) is 2. The fourth-order valence-corrected chi connectivity index (χ4v) is 4.84. The Morgan fingerprint density at radius 1 is 1.38 bits per heavy atom. The molecule has 160 valence electrons. The third-order valence-electron chi connectivity index (χ3n) is 5.46. The Bertz CT molecular complexity index is 707.